The Labute approximate surface area is 96.0 Å². The third kappa shape index (κ3) is 2.85. The summed E-state index contributed by atoms with van der Waals surface area (Å²) in [6.45, 7) is 1.72. The summed E-state index contributed by atoms with van der Waals surface area (Å²) in [5, 5.41) is 3.35. The maximum Gasteiger partial charge on any atom is 0.224 e. The lowest BCUT2D eigenvalue weighted by molar-refractivity contribution is -0.130. The van der Waals surface area contributed by atoms with Crippen LogP contribution in [0.5, 0.6) is 0 Å². The average molecular weight is 221 g/mol. The highest BCUT2D eigenvalue weighted by atomic mass is 16.2. The molecule has 1 aliphatic heterocycles. The number of carbonyl (C=O) groups is 1. The summed E-state index contributed by atoms with van der Waals surface area (Å²) in [6, 6.07) is 4.34. The van der Waals surface area contributed by atoms with Crippen LogP contribution < -0.4 is 5.32 Å². The number of rotatable bonds is 4. The van der Waals surface area contributed by atoms with E-state index in [9.17, 15) is 4.79 Å². The standard InChI is InChI=1S/C12H19N3O/c1-15(9-11-5-3-7-14-11)12(16)8-10-4-2-6-13-10/h3,5,7,10,13-14H,2,4,6,8-9H2,1H3. The summed E-state index contributed by atoms with van der Waals surface area (Å²) in [5.74, 6) is 0.217. The van der Waals surface area contributed by atoms with E-state index in [1.54, 1.807) is 4.90 Å². The van der Waals surface area contributed by atoms with E-state index in [0.717, 1.165) is 18.7 Å². The van der Waals surface area contributed by atoms with Gasteiger partial charge in [0.1, 0.15) is 0 Å². The number of aromatic nitrogens is 1. The minimum Gasteiger partial charge on any atom is -0.364 e. The fourth-order valence-electron chi connectivity index (χ4n) is 2.11. The number of hydrogen-bond donors (Lipinski definition) is 2. The molecule has 1 aromatic heterocycles. The molecular formula is C12H19N3O. The van der Waals surface area contributed by atoms with Gasteiger partial charge in [-0.05, 0) is 31.5 Å². The van der Waals surface area contributed by atoms with Gasteiger partial charge in [-0.3, -0.25) is 4.79 Å². The van der Waals surface area contributed by atoms with Crippen LogP contribution in [0.3, 0.4) is 0 Å². The zero-order valence-electron chi connectivity index (χ0n) is 9.70. The highest BCUT2D eigenvalue weighted by Gasteiger charge is 2.19. The van der Waals surface area contributed by atoms with Crippen LogP contribution >= 0.6 is 0 Å². The maximum atomic E-state index is 11.9. The second-order valence-corrected chi connectivity index (χ2v) is 4.44. The monoisotopic (exact) mass is 221 g/mol. The van der Waals surface area contributed by atoms with Gasteiger partial charge in [-0.25, -0.2) is 0 Å². The van der Waals surface area contributed by atoms with Gasteiger partial charge >= 0.3 is 0 Å². The molecule has 4 heteroatoms. The van der Waals surface area contributed by atoms with Gasteiger partial charge in [-0.1, -0.05) is 0 Å². The number of hydrogen-bond acceptors (Lipinski definition) is 2. The molecule has 1 fully saturated rings. The van der Waals surface area contributed by atoms with Crippen LogP contribution in [0.15, 0.2) is 18.3 Å². The molecule has 88 valence electrons. The van der Waals surface area contributed by atoms with E-state index in [1.807, 2.05) is 25.4 Å². The Morgan fingerprint density at radius 3 is 3.12 bits per heavy atom. The van der Waals surface area contributed by atoms with Crippen molar-refractivity contribution in [3.63, 3.8) is 0 Å². The van der Waals surface area contributed by atoms with Crippen LogP contribution in [0, 0.1) is 0 Å². The molecule has 0 radical (unpaired) electrons. The minimum absolute atomic E-state index is 0.217. The van der Waals surface area contributed by atoms with Crippen molar-refractivity contribution in [2.75, 3.05) is 13.6 Å². The molecule has 2 N–H and O–H groups in total. The quantitative estimate of drug-likeness (QED) is 0.800. The van der Waals surface area contributed by atoms with E-state index in [2.05, 4.69) is 10.3 Å². The van der Waals surface area contributed by atoms with Crippen LogP contribution in [0.1, 0.15) is 25.0 Å². The summed E-state index contributed by atoms with van der Waals surface area (Å²) in [4.78, 5) is 16.8. The van der Waals surface area contributed by atoms with Crippen molar-refractivity contribution in [2.45, 2.75) is 31.8 Å². The van der Waals surface area contributed by atoms with E-state index in [1.165, 1.54) is 6.42 Å². The zero-order chi connectivity index (χ0) is 11.4. The smallest absolute Gasteiger partial charge is 0.224 e. The minimum atomic E-state index is 0.217. The Balaban J connectivity index is 1.79. The SMILES string of the molecule is CN(Cc1ccc[nH]1)C(=O)CC1CCCN1. The van der Waals surface area contributed by atoms with Gasteiger partial charge in [-0.15, -0.1) is 0 Å². The van der Waals surface area contributed by atoms with Crippen LogP contribution in [-0.4, -0.2) is 35.4 Å². The largest absolute Gasteiger partial charge is 0.364 e. The predicted octanol–water partition coefficient (Wildman–Crippen LogP) is 1.12. The van der Waals surface area contributed by atoms with Gasteiger partial charge in [0, 0.05) is 31.4 Å². The topological polar surface area (TPSA) is 48.1 Å². The van der Waals surface area contributed by atoms with Crippen molar-refractivity contribution >= 4 is 5.91 Å². The Kier molecular flexibility index (Phi) is 3.62. The molecule has 1 saturated heterocycles. The Morgan fingerprint density at radius 1 is 1.62 bits per heavy atom. The Bertz CT molecular complexity index is 328. The summed E-state index contributed by atoms with van der Waals surface area (Å²) in [5.41, 5.74) is 1.08. The third-order valence-corrected chi connectivity index (χ3v) is 3.08. The number of H-pyrrole nitrogens is 1. The van der Waals surface area contributed by atoms with E-state index in [4.69, 9.17) is 0 Å². The molecule has 0 saturated carbocycles. The van der Waals surface area contributed by atoms with Gasteiger partial charge in [0.25, 0.3) is 0 Å². The zero-order valence-corrected chi connectivity index (χ0v) is 9.70. The van der Waals surface area contributed by atoms with Crippen molar-refractivity contribution in [1.29, 1.82) is 0 Å². The molecule has 16 heavy (non-hydrogen) atoms. The molecule has 1 unspecified atom stereocenters. The Hall–Kier alpha value is -1.29. The van der Waals surface area contributed by atoms with E-state index in [0.29, 0.717) is 19.0 Å². The fourth-order valence-corrected chi connectivity index (χ4v) is 2.11. The molecule has 4 nitrogen and oxygen atoms in total. The van der Waals surface area contributed by atoms with Crippen molar-refractivity contribution in [3.05, 3.63) is 24.0 Å². The van der Waals surface area contributed by atoms with Crippen LogP contribution in [0.2, 0.25) is 0 Å². The molecular weight excluding hydrogens is 202 g/mol. The first kappa shape index (κ1) is 11.2. The molecule has 1 aliphatic rings. The van der Waals surface area contributed by atoms with E-state index in [-0.39, 0.29) is 5.91 Å². The van der Waals surface area contributed by atoms with Crippen LogP contribution in [-0.2, 0) is 11.3 Å². The molecule has 1 amide bonds. The molecule has 0 spiro atoms. The van der Waals surface area contributed by atoms with Gasteiger partial charge < -0.3 is 15.2 Å². The van der Waals surface area contributed by atoms with E-state index < -0.39 is 0 Å². The molecule has 2 rings (SSSR count). The van der Waals surface area contributed by atoms with Crippen LogP contribution in [0.4, 0.5) is 0 Å². The van der Waals surface area contributed by atoms with Crippen molar-refractivity contribution in [3.8, 4) is 0 Å². The molecule has 0 aromatic carbocycles. The second kappa shape index (κ2) is 5.16. The summed E-state index contributed by atoms with van der Waals surface area (Å²) >= 11 is 0. The predicted molar refractivity (Wildman–Crippen MR) is 62.9 cm³/mol. The van der Waals surface area contributed by atoms with Gasteiger partial charge in [0.2, 0.25) is 5.91 Å². The number of carbonyl (C=O) groups excluding carboxylic acids is 1. The molecule has 1 atom stereocenters. The number of aromatic amines is 1. The van der Waals surface area contributed by atoms with Gasteiger partial charge in [0.05, 0.1) is 6.54 Å². The maximum absolute atomic E-state index is 11.9. The third-order valence-electron chi connectivity index (χ3n) is 3.08. The first-order chi connectivity index (χ1) is 7.75. The lowest BCUT2D eigenvalue weighted by Crippen LogP contribution is -2.33. The van der Waals surface area contributed by atoms with Crippen LogP contribution in [0.25, 0.3) is 0 Å². The number of nitrogens with one attached hydrogen (secondary N) is 2. The fraction of sp³-hybridized carbons (Fsp3) is 0.583. The average Bonchev–Trinajstić information content (AvgIpc) is 2.90. The number of nitrogens with zero attached hydrogens (tertiary/aromatic N) is 1. The number of amides is 1. The molecule has 0 bridgehead atoms. The lowest BCUT2D eigenvalue weighted by Gasteiger charge is -2.18. The van der Waals surface area contributed by atoms with Crippen molar-refractivity contribution in [2.24, 2.45) is 0 Å². The van der Waals surface area contributed by atoms with E-state index >= 15 is 0 Å². The Morgan fingerprint density at radius 2 is 2.50 bits per heavy atom. The summed E-state index contributed by atoms with van der Waals surface area (Å²) in [6.07, 6.45) is 4.82. The first-order valence-electron chi connectivity index (χ1n) is 5.85. The molecule has 1 aromatic rings. The molecule has 0 aliphatic carbocycles. The summed E-state index contributed by atoms with van der Waals surface area (Å²) < 4.78 is 0. The van der Waals surface area contributed by atoms with Gasteiger partial charge in [-0.2, -0.15) is 0 Å². The van der Waals surface area contributed by atoms with Crippen molar-refractivity contribution < 1.29 is 4.79 Å². The van der Waals surface area contributed by atoms with Gasteiger partial charge in [0.15, 0.2) is 0 Å². The normalized spacial score (nSPS) is 19.9. The van der Waals surface area contributed by atoms with Crippen molar-refractivity contribution in [1.82, 2.24) is 15.2 Å². The highest BCUT2D eigenvalue weighted by Crippen LogP contribution is 2.11. The highest BCUT2D eigenvalue weighted by molar-refractivity contribution is 5.76. The second-order valence-electron chi connectivity index (χ2n) is 4.44. The lowest BCUT2D eigenvalue weighted by atomic mass is 10.1. The first-order valence-corrected chi connectivity index (χ1v) is 5.85. The molecule has 2 heterocycles. The summed E-state index contributed by atoms with van der Waals surface area (Å²) in [7, 11) is 1.86.